The van der Waals surface area contributed by atoms with Crippen molar-refractivity contribution < 1.29 is 9.53 Å². The SMILES string of the molecule is CCC1CCCCN1C(=O)Cn1c(=O)n(-c2cccc(OC)c2)c(=O)c2sccc21. The molecule has 0 spiro atoms. The van der Waals surface area contributed by atoms with E-state index in [4.69, 9.17) is 4.74 Å². The molecular formula is C22H25N3O4S. The molecule has 3 aromatic rings. The third-order valence-electron chi connectivity index (χ3n) is 5.78. The number of likely N-dealkylation sites (tertiary alicyclic amines) is 1. The van der Waals surface area contributed by atoms with Crippen LogP contribution in [0.4, 0.5) is 0 Å². The quantitative estimate of drug-likeness (QED) is 0.627. The minimum atomic E-state index is -0.516. The minimum Gasteiger partial charge on any atom is -0.497 e. The third kappa shape index (κ3) is 3.56. The predicted octanol–water partition coefficient (Wildman–Crippen LogP) is 3.01. The first-order valence-electron chi connectivity index (χ1n) is 10.2. The maximum absolute atomic E-state index is 13.4. The number of benzene rings is 1. The Morgan fingerprint density at radius 2 is 2.07 bits per heavy atom. The second-order valence-electron chi connectivity index (χ2n) is 7.49. The summed E-state index contributed by atoms with van der Waals surface area (Å²) < 4.78 is 8.25. The van der Waals surface area contributed by atoms with Crippen molar-refractivity contribution in [3.05, 3.63) is 56.5 Å². The molecule has 0 radical (unpaired) electrons. The van der Waals surface area contributed by atoms with E-state index in [1.54, 1.807) is 35.7 Å². The number of rotatable bonds is 5. The summed E-state index contributed by atoms with van der Waals surface area (Å²) in [6, 6.07) is 8.76. The maximum Gasteiger partial charge on any atom is 0.336 e. The molecule has 1 aromatic carbocycles. The Labute approximate surface area is 178 Å². The molecule has 2 aromatic heterocycles. The lowest BCUT2D eigenvalue weighted by Gasteiger charge is -2.35. The van der Waals surface area contributed by atoms with E-state index in [1.807, 2.05) is 4.90 Å². The van der Waals surface area contributed by atoms with Gasteiger partial charge in [-0.05, 0) is 49.3 Å². The van der Waals surface area contributed by atoms with Crippen molar-refractivity contribution in [3.63, 3.8) is 0 Å². The van der Waals surface area contributed by atoms with Gasteiger partial charge in [-0.25, -0.2) is 9.36 Å². The molecule has 1 fully saturated rings. The monoisotopic (exact) mass is 427 g/mol. The molecule has 4 rings (SSSR count). The summed E-state index contributed by atoms with van der Waals surface area (Å²) in [5.41, 5.74) is 0.0294. The number of nitrogens with zero attached hydrogens (tertiary/aromatic N) is 3. The van der Waals surface area contributed by atoms with E-state index in [9.17, 15) is 14.4 Å². The number of piperidine rings is 1. The molecule has 3 heterocycles. The largest absolute Gasteiger partial charge is 0.497 e. The average Bonchev–Trinajstić information content (AvgIpc) is 3.27. The molecule has 0 bridgehead atoms. The second-order valence-corrected chi connectivity index (χ2v) is 8.41. The Morgan fingerprint density at radius 1 is 1.23 bits per heavy atom. The number of aromatic nitrogens is 2. The molecule has 0 aliphatic carbocycles. The second kappa shape index (κ2) is 8.47. The summed E-state index contributed by atoms with van der Waals surface area (Å²) in [7, 11) is 1.53. The highest BCUT2D eigenvalue weighted by atomic mass is 32.1. The summed E-state index contributed by atoms with van der Waals surface area (Å²) in [4.78, 5) is 41.5. The van der Waals surface area contributed by atoms with Crippen LogP contribution in [0.25, 0.3) is 15.9 Å². The van der Waals surface area contributed by atoms with Crippen molar-refractivity contribution in [2.75, 3.05) is 13.7 Å². The van der Waals surface area contributed by atoms with E-state index in [2.05, 4.69) is 6.92 Å². The number of carbonyl (C=O) groups excluding carboxylic acids is 1. The first-order chi connectivity index (χ1) is 14.5. The highest BCUT2D eigenvalue weighted by Crippen LogP contribution is 2.22. The number of carbonyl (C=O) groups is 1. The summed E-state index contributed by atoms with van der Waals surface area (Å²) in [5, 5.41) is 1.78. The van der Waals surface area contributed by atoms with Crippen molar-refractivity contribution in [3.8, 4) is 11.4 Å². The Kier molecular flexibility index (Phi) is 5.76. The Balaban J connectivity index is 1.82. The molecule has 0 N–H and O–H groups in total. The van der Waals surface area contributed by atoms with E-state index in [0.29, 0.717) is 28.2 Å². The van der Waals surface area contributed by atoms with Crippen LogP contribution in [-0.4, -0.2) is 39.6 Å². The topological polar surface area (TPSA) is 73.5 Å². The minimum absolute atomic E-state index is 0.0766. The van der Waals surface area contributed by atoms with Crippen molar-refractivity contribution >= 4 is 27.5 Å². The van der Waals surface area contributed by atoms with E-state index in [1.165, 1.54) is 23.0 Å². The number of amides is 1. The fourth-order valence-electron chi connectivity index (χ4n) is 4.20. The van der Waals surface area contributed by atoms with Gasteiger partial charge in [-0.1, -0.05) is 13.0 Å². The number of fused-ring (bicyclic) bond motifs is 1. The van der Waals surface area contributed by atoms with Gasteiger partial charge in [0.2, 0.25) is 5.91 Å². The van der Waals surface area contributed by atoms with Gasteiger partial charge in [0.15, 0.2) is 0 Å². The van der Waals surface area contributed by atoms with Crippen molar-refractivity contribution in [2.24, 2.45) is 0 Å². The Bertz CT molecular complexity index is 1190. The molecule has 30 heavy (non-hydrogen) atoms. The molecular weight excluding hydrogens is 402 g/mol. The van der Waals surface area contributed by atoms with Crippen molar-refractivity contribution in [1.82, 2.24) is 14.0 Å². The molecule has 7 nitrogen and oxygen atoms in total. The van der Waals surface area contributed by atoms with Crippen LogP contribution in [0.2, 0.25) is 0 Å². The normalized spacial score (nSPS) is 16.7. The summed E-state index contributed by atoms with van der Waals surface area (Å²) in [6.45, 7) is 2.73. The highest BCUT2D eigenvalue weighted by Gasteiger charge is 2.27. The van der Waals surface area contributed by atoms with Gasteiger partial charge in [0.25, 0.3) is 5.56 Å². The molecule has 1 aliphatic rings. The zero-order chi connectivity index (χ0) is 21.3. The first kappa shape index (κ1) is 20.4. The van der Waals surface area contributed by atoms with Gasteiger partial charge in [-0.2, -0.15) is 0 Å². The van der Waals surface area contributed by atoms with Crippen LogP contribution in [0.1, 0.15) is 32.6 Å². The van der Waals surface area contributed by atoms with E-state index in [-0.39, 0.29) is 24.1 Å². The van der Waals surface area contributed by atoms with Gasteiger partial charge in [-0.15, -0.1) is 11.3 Å². The molecule has 1 aliphatic heterocycles. The lowest BCUT2D eigenvalue weighted by atomic mass is 10.00. The van der Waals surface area contributed by atoms with Gasteiger partial charge in [-0.3, -0.25) is 14.2 Å². The van der Waals surface area contributed by atoms with Crippen LogP contribution in [0, 0.1) is 0 Å². The standard InChI is InChI=1S/C22H25N3O4S/c1-3-15-7-4-5-11-23(15)19(26)14-24-18-10-12-30-20(18)21(27)25(22(24)28)16-8-6-9-17(13-16)29-2/h6,8-10,12-13,15H,3-5,7,11,14H2,1-2H3. The number of hydrogen-bond acceptors (Lipinski definition) is 5. The molecule has 8 heteroatoms. The molecule has 1 saturated heterocycles. The lowest BCUT2D eigenvalue weighted by molar-refractivity contribution is -0.135. The third-order valence-corrected chi connectivity index (χ3v) is 6.67. The Hall–Kier alpha value is -2.87. The van der Waals surface area contributed by atoms with E-state index in [0.717, 1.165) is 30.3 Å². The van der Waals surface area contributed by atoms with Gasteiger partial charge in [0.1, 0.15) is 17.0 Å². The van der Waals surface area contributed by atoms with E-state index >= 15 is 0 Å². The van der Waals surface area contributed by atoms with Gasteiger partial charge in [0, 0.05) is 18.7 Å². The first-order valence-corrected chi connectivity index (χ1v) is 11.1. The summed E-state index contributed by atoms with van der Waals surface area (Å²) in [5.74, 6) is 0.471. The Morgan fingerprint density at radius 3 is 2.83 bits per heavy atom. The molecule has 158 valence electrons. The fraction of sp³-hybridized carbons (Fsp3) is 0.409. The number of hydrogen-bond donors (Lipinski definition) is 0. The van der Waals surface area contributed by atoms with Crippen LogP contribution in [0.5, 0.6) is 5.75 Å². The summed E-state index contributed by atoms with van der Waals surface area (Å²) in [6.07, 6.45) is 4.00. The van der Waals surface area contributed by atoms with E-state index < -0.39 is 5.69 Å². The fourth-order valence-corrected chi connectivity index (χ4v) is 5.02. The maximum atomic E-state index is 13.4. The van der Waals surface area contributed by atoms with Gasteiger partial charge >= 0.3 is 5.69 Å². The average molecular weight is 428 g/mol. The van der Waals surface area contributed by atoms with Crippen LogP contribution in [-0.2, 0) is 11.3 Å². The number of methoxy groups -OCH3 is 1. The van der Waals surface area contributed by atoms with Crippen LogP contribution < -0.4 is 16.0 Å². The predicted molar refractivity (Wildman–Crippen MR) is 118 cm³/mol. The smallest absolute Gasteiger partial charge is 0.336 e. The van der Waals surface area contributed by atoms with Crippen LogP contribution >= 0.6 is 11.3 Å². The summed E-state index contributed by atoms with van der Waals surface area (Å²) >= 11 is 1.27. The molecule has 0 saturated carbocycles. The number of thiophene rings is 1. The molecule has 1 amide bonds. The van der Waals surface area contributed by atoms with Gasteiger partial charge < -0.3 is 9.64 Å². The highest BCUT2D eigenvalue weighted by molar-refractivity contribution is 7.17. The van der Waals surface area contributed by atoms with Crippen molar-refractivity contribution in [2.45, 2.75) is 45.2 Å². The zero-order valence-corrected chi connectivity index (χ0v) is 18.0. The van der Waals surface area contributed by atoms with Crippen LogP contribution in [0.15, 0.2) is 45.3 Å². The van der Waals surface area contributed by atoms with Gasteiger partial charge in [0.05, 0.1) is 18.3 Å². The lowest BCUT2D eigenvalue weighted by Crippen LogP contribution is -2.47. The number of ether oxygens (including phenoxy) is 1. The van der Waals surface area contributed by atoms with Crippen LogP contribution in [0.3, 0.4) is 0 Å². The molecule has 1 unspecified atom stereocenters. The zero-order valence-electron chi connectivity index (χ0n) is 17.2. The van der Waals surface area contributed by atoms with Crippen molar-refractivity contribution in [1.29, 1.82) is 0 Å². The molecule has 1 atom stereocenters.